The summed E-state index contributed by atoms with van der Waals surface area (Å²) in [5, 5.41) is 0.585. The number of halogens is 1. The third-order valence-electron chi connectivity index (χ3n) is 2.00. The lowest BCUT2D eigenvalue weighted by Crippen LogP contribution is -2.02. The first-order valence-corrected chi connectivity index (χ1v) is 4.46. The summed E-state index contributed by atoms with van der Waals surface area (Å²) in [4.78, 5) is 14.8. The molecule has 0 aliphatic carbocycles. The Labute approximate surface area is 85.3 Å². The van der Waals surface area contributed by atoms with Crippen molar-refractivity contribution in [1.82, 2.24) is 9.38 Å². The predicted octanol–water partition coefficient (Wildman–Crippen LogP) is 1.26. The number of fused-ring (bicyclic) bond motifs is 1. The first-order valence-electron chi connectivity index (χ1n) is 4.08. The molecule has 0 atom stereocenters. The van der Waals surface area contributed by atoms with Crippen LogP contribution in [0.25, 0.3) is 5.52 Å². The van der Waals surface area contributed by atoms with Crippen LogP contribution in [0.2, 0.25) is 5.02 Å². The number of nitrogens with two attached hydrogens (primary N) is 1. The molecule has 14 heavy (non-hydrogen) atoms. The lowest BCUT2D eigenvalue weighted by atomic mass is 10.3. The van der Waals surface area contributed by atoms with Gasteiger partial charge < -0.3 is 10.1 Å². The summed E-state index contributed by atoms with van der Waals surface area (Å²) in [6, 6.07) is 3.46. The van der Waals surface area contributed by atoms with Crippen molar-refractivity contribution in [3.63, 3.8) is 0 Å². The zero-order valence-electron chi connectivity index (χ0n) is 7.27. The number of carbonyl (C=O) groups is 1. The van der Waals surface area contributed by atoms with Crippen molar-refractivity contribution >= 4 is 23.4 Å². The van der Waals surface area contributed by atoms with Crippen LogP contribution < -0.4 is 5.73 Å². The SMILES string of the molecule is NCc1nc(C=O)c2ccc(Cl)cn12. The van der Waals surface area contributed by atoms with Gasteiger partial charge in [0.1, 0.15) is 11.5 Å². The summed E-state index contributed by atoms with van der Waals surface area (Å²) < 4.78 is 1.73. The summed E-state index contributed by atoms with van der Waals surface area (Å²) in [6.45, 7) is 0.273. The van der Waals surface area contributed by atoms with E-state index >= 15 is 0 Å². The van der Waals surface area contributed by atoms with Gasteiger partial charge >= 0.3 is 0 Å². The fraction of sp³-hybridized carbons (Fsp3) is 0.111. The smallest absolute Gasteiger partial charge is 0.170 e. The highest BCUT2D eigenvalue weighted by Crippen LogP contribution is 2.15. The third kappa shape index (κ3) is 1.29. The van der Waals surface area contributed by atoms with E-state index in [4.69, 9.17) is 17.3 Å². The molecule has 2 heterocycles. The summed E-state index contributed by atoms with van der Waals surface area (Å²) in [5.74, 6) is 0.629. The molecule has 0 aliphatic heterocycles. The van der Waals surface area contributed by atoms with Crippen molar-refractivity contribution in [3.05, 3.63) is 34.9 Å². The average molecular weight is 210 g/mol. The zero-order valence-corrected chi connectivity index (χ0v) is 8.03. The Bertz CT molecular complexity index is 492. The Morgan fingerprint density at radius 1 is 1.57 bits per heavy atom. The molecule has 0 aliphatic rings. The molecule has 5 heteroatoms. The lowest BCUT2D eigenvalue weighted by molar-refractivity contribution is 0.112. The molecule has 0 bridgehead atoms. The van der Waals surface area contributed by atoms with E-state index in [2.05, 4.69) is 4.98 Å². The fourth-order valence-electron chi connectivity index (χ4n) is 1.38. The molecule has 0 radical (unpaired) electrons. The molecule has 0 amide bonds. The minimum atomic E-state index is 0.273. The van der Waals surface area contributed by atoms with Gasteiger partial charge in [-0.05, 0) is 12.1 Å². The minimum Gasteiger partial charge on any atom is -0.324 e. The van der Waals surface area contributed by atoms with Crippen LogP contribution in [0.3, 0.4) is 0 Å². The first-order chi connectivity index (χ1) is 6.76. The molecule has 0 spiro atoms. The van der Waals surface area contributed by atoms with Gasteiger partial charge in [-0.1, -0.05) is 11.6 Å². The highest BCUT2D eigenvalue weighted by Gasteiger charge is 2.08. The van der Waals surface area contributed by atoms with E-state index in [1.54, 1.807) is 22.7 Å². The number of aromatic nitrogens is 2. The number of aldehydes is 1. The van der Waals surface area contributed by atoms with Crippen LogP contribution in [0.1, 0.15) is 16.3 Å². The molecular formula is C9H8ClN3O. The maximum atomic E-state index is 10.7. The van der Waals surface area contributed by atoms with Crippen molar-refractivity contribution in [2.24, 2.45) is 5.73 Å². The van der Waals surface area contributed by atoms with Crippen LogP contribution >= 0.6 is 11.6 Å². The van der Waals surface area contributed by atoms with Crippen molar-refractivity contribution < 1.29 is 4.79 Å². The molecule has 2 N–H and O–H groups in total. The average Bonchev–Trinajstić information content (AvgIpc) is 2.55. The first kappa shape index (κ1) is 9.18. The van der Waals surface area contributed by atoms with Crippen molar-refractivity contribution in [2.45, 2.75) is 6.54 Å². The van der Waals surface area contributed by atoms with E-state index in [0.29, 0.717) is 22.8 Å². The molecule has 0 fully saturated rings. The molecule has 4 nitrogen and oxygen atoms in total. The summed E-state index contributed by atoms with van der Waals surface area (Å²) in [7, 11) is 0. The summed E-state index contributed by atoms with van der Waals surface area (Å²) >= 11 is 5.82. The number of imidazole rings is 1. The number of rotatable bonds is 2. The molecule has 2 aromatic rings. The van der Waals surface area contributed by atoms with Crippen LogP contribution in [0.15, 0.2) is 18.3 Å². The second-order valence-electron chi connectivity index (χ2n) is 2.84. The molecule has 0 saturated carbocycles. The third-order valence-corrected chi connectivity index (χ3v) is 2.22. The quantitative estimate of drug-likeness (QED) is 0.758. The fourth-order valence-corrected chi connectivity index (χ4v) is 1.54. The molecular weight excluding hydrogens is 202 g/mol. The second kappa shape index (κ2) is 3.40. The van der Waals surface area contributed by atoms with Crippen molar-refractivity contribution in [1.29, 1.82) is 0 Å². The summed E-state index contributed by atoms with van der Waals surface area (Å²) in [6.07, 6.45) is 2.40. The summed E-state index contributed by atoms with van der Waals surface area (Å²) in [5.41, 5.74) is 6.61. The van der Waals surface area contributed by atoms with Crippen LogP contribution in [-0.2, 0) is 6.54 Å². The van der Waals surface area contributed by atoms with Gasteiger partial charge in [-0.3, -0.25) is 4.79 Å². The maximum Gasteiger partial charge on any atom is 0.170 e. The van der Waals surface area contributed by atoms with Gasteiger partial charge in [-0.25, -0.2) is 4.98 Å². The number of pyridine rings is 1. The van der Waals surface area contributed by atoms with E-state index < -0.39 is 0 Å². The highest BCUT2D eigenvalue weighted by atomic mass is 35.5. The number of carbonyl (C=O) groups excluding carboxylic acids is 1. The van der Waals surface area contributed by atoms with Crippen molar-refractivity contribution in [2.75, 3.05) is 0 Å². The maximum absolute atomic E-state index is 10.7. The molecule has 0 unspecified atom stereocenters. The largest absolute Gasteiger partial charge is 0.324 e. The molecule has 2 aromatic heterocycles. The van der Waals surface area contributed by atoms with E-state index in [1.807, 2.05) is 0 Å². The van der Waals surface area contributed by atoms with Crippen molar-refractivity contribution in [3.8, 4) is 0 Å². The Hall–Kier alpha value is -1.39. The molecule has 2 rings (SSSR count). The number of nitrogens with zero attached hydrogens (tertiary/aromatic N) is 2. The van der Waals surface area contributed by atoms with E-state index in [9.17, 15) is 4.79 Å². The molecule has 0 aromatic carbocycles. The number of hydrogen-bond acceptors (Lipinski definition) is 3. The van der Waals surface area contributed by atoms with Crippen LogP contribution in [0.5, 0.6) is 0 Å². The predicted molar refractivity (Wildman–Crippen MR) is 53.5 cm³/mol. The van der Waals surface area contributed by atoms with Gasteiger partial charge in [0.25, 0.3) is 0 Å². The molecule has 0 saturated heterocycles. The van der Waals surface area contributed by atoms with Crippen LogP contribution in [-0.4, -0.2) is 15.7 Å². The van der Waals surface area contributed by atoms with Crippen LogP contribution in [0.4, 0.5) is 0 Å². The Morgan fingerprint density at radius 3 is 3.00 bits per heavy atom. The van der Waals surface area contributed by atoms with Gasteiger partial charge in [0.15, 0.2) is 6.29 Å². The van der Waals surface area contributed by atoms with E-state index in [-0.39, 0.29) is 6.54 Å². The minimum absolute atomic E-state index is 0.273. The molecule has 72 valence electrons. The van der Waals surface area contributed by atoms with E-state index in [0.717, 1.165) is 5.52 Å². The van der Waals surface area contributed by atoms with E-state index in [1.165, 1.54) is 0 Å². The van der Waals surface area contributed by atoms with Gasteiger partial charge in [0.05, 0.1) is 17.1 Å². The number of hydrogen-bond donors (Lipinski definition) is 1. The highest BCUT2D eigenvalue weighted by molar-refractivity contribution is 6.30. The standard InChI is InChI=1S/C9H8ClN3O/c10-6-1-2-8-7(5-14)12-9(3-11)13(8)4-6/h1-2,4-5H,3,11H2. The van der Waals surface area contributed by atoms with Gasteiger partial charge in [-0.2, -0.15) is 0 Å². The monoisotopic (exact) mass is 209 g/mol. The lowest BCUT2D eigenvalue weighted by Gasteiger charge is -1.97. The Kier molecular flexibility index (Phi) is 2.23. The topological polar surface area (TPSA) is 60.4 Å². The Balaban J connectivity index is 2.82. The van der Waals surface area contributed by atoms with Gasteiger partial charge in [0.2, 0.25) is 0 Å². The Morgan fingerprint density at radius 2 is 2.36 bits per heavy atom. The van der Waals surface area contributed by atoms with Crippen LogP contribution in [0, 0.1) is 0 Å². The normalized spacial score (nSPS) is 10.7. The van der Waals surface area contributed by atoms with Gasteiger partial charge in [0, 0.05) is 6.20 Å². The second-order valence-corrected chi connectivity index (χ2v) is 3.27. The zero-order chi connectivity index (χ0) is 10.1. The van der Waals surface area contributed by atoms with Gasteiger partial charge in [-0.15, -0.1) is 0 Å².